The van der Waals surface area contributed by atoms with Gasteiger partial charge in [0.2, 0.25) is 5.91 Å². The molecule has 0 spiro atoms. The van der Waals surface area contributed by atoms with Crippen molar-refractivity contribution in [1.82, 2.24) is 10.2 Å². The van der Waals surface area contributed by atoms with E-state index in [9.17, 15) is 9.59 Å². The maximum absolute atomic E-state index is 13.2. The van der Waals surface area contributed by atoms with E-state index in [4.69, 9.17) is 4.74 Å². The SMILES string of the molecule is CC[C@H](Oc1ccc2c(c1)[C@H](c1ccccc1)N(C(=O)CC(C)C)CC2)C(=O)NCC1CC1. The van der Waals surface area contributed by atoms with E-state index in [-0.39, 0.29) is 17.9 Å². The minimum Gasteiger partial charge on any atom is -0.481 e. The Hall–Kier alpha value is -2.82. The zero-order valence-electron chi connectivity index (χ0n) is 20.0. The summed E-state index contributed by atoms with van der Waals surface area (Å²) in [4.78, 5) is 27.8. The van der Waals surface area contributed by atoms with E-state index in [1.807, 2.05) is 42.2 Å². The number of hydrogen-bond acceptors (Lipinski definition) is 3. The van der Waals surface area contributed by atoms with Crippen LogP contribution in [0, 0.1) is 11.8 Å². The molecule has 2 amide bonds. The van der Waals surface area contributed by atoms with E-state index >= 15 is 0 Å². The molecule has 2 aliphatic rings. The lowest BCUT2D eigenvalue weighted by atomic mass is 9.87. The van der Waals surface area contributed by atoms with Gasteiger partial charge >= 0.3 is 0 Å². The summed E-state index contributed by atoms with van der Waals surface area (Å²) < 4.78 is 6.17. The summed E-state index contributed by atoms with van der Waals surface area (Å²) in [7, 11) is 0. The van der Waals surface area contributed by atoms with Crippen molar-refractivity contribution in [2.24, 2.45) is 11.8 Å². The second kappa shape index (κ2) is 10.4. The molecule has 1 N–H and O–H groups in total. The molecular weight excluding hydrogens is 412 g/mol. The molecule has 176 valence electrons. The average molecular weight is 449 g/mol. The van der Waals surface area contributed by atoms with E-state index in [0.29, 0.717) is 37.0 Å². The van der Waals surface area contributed by atoms with E-state index in [2.05, 4.69) is 37.4 Å². The lowest BCUT2D eigenvalue weighted by Gasteiger charge is -2.38. The van der Waals surface area contributed by atoms with Crippen molar-refractivity contribution in [3.8, 4) is 5.75 Å². The van der Waals surface area contributed by atoms with Gasteiger partial charge in [-0.1, -0.05) is 57.2 Å². The van der Waals surface area contributed by atoms with E-state index < -0.39 is 6.10 Å². The maximum atomic E-state index is 13.2. The molecule has 33 heavy (non-hydrogen) atoms. The fraction of sp³-hybridized carbons (Fsp3) is 0.500. The van der Waals surface area contributed by atoms with Crippen molar-refractivity contribution in [2.45, 2.75) is 65.0 Å². The number of nitrogens with one attached hydrogen (secondary N) is 1. The van der Waals surface area contributed by atoms with Crippen molar-refractivity contribution in [2.75, 3.05) is 13.1 Å². The Morgan fingerprint density at radius 2 is 1.88 bits per heavy atom. The molecular formula is C28H36N2O3. The number of nitrogens with zero attached hydrogens (tertiary/aromatic N) is 1. The number of amides is 2. The first kappa shape index (κ1) is 23.3. The van der Waals surface area contributed by atoms with Gasteiger partial charge in [-0.25, -0.2) is 0 Å². The van der Waals surface area contributed by atoms with Crippen molar-refractivity contribution in [3.63, 3.8) is 0 Å². The van der Waals surface area contributed by atoms with Gasteiger partial charge in [0.25, 0.3) is 5.91 Å². The highest BCUT2D eigenvalue weighted by molar-refractivity contribution is 5.81. The number of carbonyl (C=O) groups excluding carboxylic acids is 2. The number of ether oxygens (including phenoxy) is 1. The third-order valence-electron chi connectivity index (χ3n) is 6.57. The molecule has 0 saturated heterocycles. The first-order valence-electron chi connectivity index (χ1n) is 12.4. The molecule has 5 heteroatoms. The molecule has 0 radical (unpaired) electrons. The normalized spacial score (nSPS) is 18.5. The Balaban J connectivity index is 1.60. The molecule has 0 bridgehead atoms. The minimum absolute atomic E-state index is 0.0459. The third kappa shape index (κ3) is 5.76. The molecule has 2 aromatic carbocycles. The van der Waals surface area contributed by atoms with Crippen LogP contribution in [0.2, 0.25) is 0 Å². The van der Waals surface area contributed by atoms with Crippen molar-refractivity contribution >= 4 is 11.8 Å². The van der Waals surface area contributed by atoms with Gasteiger partial charge in [0.05, 0.1) is 6.04 Å². The summed E-state index contributed by atoms with van der Waals surface area (Å²) in [6.45, 7) is 7.58. The monoisotopic (exact) mass is 448 g/mol. The molecule has 2 aromatic rings. The van der Waals surface area contributed by atoms with Gasteiger partial charge < -0.3 is 15.0 Å². The van der Waals surface area contributed by atoms with Gasteiger partial charge in [-0.2, -0.15) is 0 Å². The molecule has 0 aromatic heterocycles. The van der Waals surface area contributed by atoms with Gasteiger partial charge in [0.15, 0.2) is 6.10 Å². The summed E-state index contributed by atoms with van der Waals surface area (Å²) in [6.07, 6.45) is 3.86. The van der Waals surface area contributed by atoms with Gasteiger partial charge in [-0.15, -0.1) is 0 Å². The van der Waals surface area contributed by atoms with Crippen LogP contribution in [0.3, 0.4) is 0 Å². The van der Waals surface area contributed by atoms with Crippen molar-refractivity contribution in [3.05, 3.63) is 65.2 Å². The summed E-state index contributed by atoms with van der Waals surface area (Å²) >= 11 is 0. The second-order valence-electron chi connectivity index (χ2n) is 9.81. The fourth-order valence-electron chi connectivity index (χ4n) is 4.56. The summed E-state index contributed by atoms with van der Waals surface area (Å²) in [6, 6.07) is 16.2. The Morgan fingerprint density at radius 3 is 2.55 bits per heavy atom. The highest BCUT2D eigenvalue weighted by Crippen LogP contribution is 2.38. The third-order valence-corrected chi connectivity index (χ3v) is 6.57. The molecule has 0 unspecified atom stereocenters. The maximum Gasteiger partial charge on any atom is 0.261 e. The molecule has 1 fully saturated rings. The van der Waals surface area contributed by atoms with Crippen LogP contribution in [-0.4, -0.2) is 35.9 Å². The fourth-order valence-corrected chi connectivity index (χ4v) is 4.56. The summed E-state index contributed by atoms with van der Waals surface area (Å²) in [5, 5.41) is 3.04. The number of hydrogen-bond donors (Lipinski definition) is 1. The van der Waals surface area contributed by atoms with Crippen molar-refractivity contribution < 1.29 is 14.3 Å². The van der Waals surface area contributed by atoms with Crippen LogP contribution in [-0.2, 0) is 16.0 Å². The van der Waals surface area contributed by atoms with Crippen LogP contribution in [0.5, 0.6) is 5.75 Å². The first-order chi connectivity index (χ1) is 16.0. The van der Waals surface area contributed by atoms with Crippen LogP contribution in [0.4, 0.5) is 0 Å². The Kier molecular flexibility index (Phi) is 7.36. The standard InChI is InChI=1S/C28H36N2O3/c1-4-25(28(32)29-18-20-10-11-20)33-23-13-12-21-14-15-30(26(31)16-19(2)3)27(24(21)17-23)22-8-6-5-7-9-22/h5-9,12-13,17,19-20,25,27H,4,10-11,14-16,18H2,1-3H3,(H,29,32)/t25-,27-/m0/s1. The lowest BCUT2D eigenvalue weighted by molar-refractivity contribution is -0.134. The van der Waals surface area contributed by atoms with Gasteiger partial charge in [-0.3, -0.25) is 9.59 Å². The largest absolute Gasteiger partial charge is 0.481 e. The number of benzene rings is 2. The van der Waals surface area contributed by atoms with E-state index in [1.165, 1.54) is 18.4 Å². The van der Waals surface area contributed by atoms with Crippen molar-refractivity contribution in [1.29, 1.82) is 0 Å². The Labute approximate surface area is 197 Å². The van der Waals surface area contributed by atoms with Gasteiger partial charge in [-0.05, 0) is 66.3 Å². The van der Waals surface area contributed by atoms with Crippen LogP contribution in [0.1, 0.15) is 69.2 Å². The summed E-state index contributed by atoms with van der Waals surface area (Å²) in [5.74, 6) is 1.76. The zero-order valence-corrected chi connectivity index (χ0v) is 20.0. The topological polar surface area (TPSA) is 58.6 Å². The Morgan fingerprint density at radius 1 is 1.12 bits per heavy atom. The number of fused-ring (bicyclic) bond motifs is 1. The van der Waals surface area contributed by atoms with Gasteiger partial charge in [0, 0.05) is 19.5 Å². The number of rotatable bonds is 9. The van der Waals surface area contributed by atoms with Crippen LogP contribution >= 0.6 is 0 Å². The minimum atomic E-state index is -0.515. The summed E-state index contributed by atoms with van der Waals surface area (Å²) in [5.41, 5.74) is 3.42. The van der Waals surface area contributed by atoms with E-state index in [1.54, 1.807) is 0 Å². The zero-order chi connectivity index (χ0) is 23.4. The smallest absolute Gasteiger partial charge is 0.261 e. The molecule has 5 nitrogen and oxygen atoms in total. The highest BCUT2D eigenvalue weighted by Gasteiger charge is 2.33. The first-order valence-corrected chi connectivity index (χ1v) is 12.4. The molecule has 1 aliphatic carbocycles. The highest BCUT2D eigenvalue weighted by atomic mass is 16.5. The predicted octanol–water partition coefficient (Wildman–Crippen LogP) is 4.89. The molecule has 1 saturated carbocycles. The van der Waals surface area contributed by atoms with Crippen LogP contribution in [0.15, 0.2) is 48.5 Å². The van der Waals surface area contributed by atoms with Crippen LogP contribution in [0.25, 0.3) is 0 Å². The number of carbonyl (C=O) groups is 2. The molecule has 1 aliphatic heterocycles. The second-order valence-corrected chi connectivity index (χ2v) is 9.81. The van der Waals surface area contributed by atoms with E-state index in [0.717, 1.165) is 24.1 Å². The molecule has 4 rings (SSSR count). The molecule has 1 heterocycles. The predicted molar refractivity (Wildman–Crippen MR) is 130 cm³/mol. The Bertz CT molecular complexity index is 968. The van der Waals surface area contributed by atoms with Gasteiger partial charge in [0.1, 0.15) is 5.75 Å². The quantitative estimate of drug-likeness (QED) is 0.594. The van der Waals surface area contributed by atoms with Crippen LogP contribution < -0.4 is 10.1 Å². The lowest BCUT2D eigenvalue weighted by Crippen LogP contribution is -2.41. The average Bonchev–Trinajstić information content (AvgIpc) is 3.64. The molecule has 2 atom stereocenters.